The van der Waals surface area contributed by atoms with Gasteiger partial charge in [-0.05, 0) is 49.7 Å². The molecule has 1 N–H and O–H groups in total. The second-order valence-corrected chi connectivity index (χ2v) is 7.82. The maximum absolute atomic E-state index is 13.2. The van der Waals surface area contributed by atoms with Crippen LogP contribution < -0.4 is 5.32 Å². The van der Waals surface area contributed by atoms with E-state index in [-0.39, 0.29) is 11.7 Å². The summed E-state index contributed by atoms with van der Waals surface area (Å²) in [6.07, 6.45) is 0. The first-order valence-electron chi connectivity index (χ1n) is 9.49. The van der Waals surface area contributed by atoms with Gasteiger partial charge in [-0.2, -0.15) is 10.4 Å². The molecule has 0 aliphatic carbocycles. The summed E-state index contributed by atoms with van der Waals surface area (Å²) in [6.45, 7) is 4.97. The Morgan fingerprint density at radius 3 is 2.67 bits per heavy atom. The third kappa shape index (κ3) is 3.84. The Hall–Kier alpha value is -3.44. The topological polar surface area (TPSA) is 88.5 Å². The summed E-state index contributed by atoms with van der Waals surface area (Å²) >= 11 is 3.45. The summed E-state index contributed by atoms with van der Waals surface area (Å²) in [5.74, 6) is 0.584. The van der Waals surface area contributed by atoms with Gasteiger partial charge in [-0.25, -0.2) is 9.67 Å². The molecule has 0 aliphatic rings. The van der Waals surface area contributed by atoms with Gasteiger partial charge in [-0.3, -0.25) is 4.79 Å². The zero-order chi connectivity index (χ0) is 21.3. The average Bonchev–Trinajstić information content (AvgIpc) is 3.28. The van der Waals surface area contributed by atoms with Gasteiger partial charge < -0.3 is 9.88 Å². The molecule has 4 aromatic rings. The number of carbonyl (C=O) groups excluding carboxylic acids is 1. The van der Waals surface area contributed by atoms with Crippen LogP contribution in [0.5, 0.6) is 0 Å². The second kappa shape index (κ2) is 8.13. The summed E-state index contributed by atoms with van der Waals surface area (Å²) in [4.78, 5) is 17.7. The van der Waals surface area contributed by atoms with Crippen molar-refractivity contribution >= 4 is 38.7 Å². The molecular formula is C22H19BrN6O. The molecule has 0 saturated carbocycles. The fourth-order valence-electron chi connectivity index (χ4n) is 3.36. The zero-order valence-corrected chi connectivity index (χ0v) is 18.1. The normalized spacial score (nSPS) is 10.9. The van der Waals surface area contributed by atoms with Gasteiger partial charge in [0.2, 0.25) is 5.82 Å². The van der Waals surface area contributed by atoms with Crippen molar-refractivity contribution in [3.05, 3.63) is 75.6 Å². The smallest absolute Gasteiger partial charge is 0.292 e. The quantitative estimate of drug-likeness (QED) is 0.472. The standard InChI is InChI=1S/C22H19BrN6O/c1-3-29-20(10-14(2)27-29)26-22(30)21-25-18-11-16(12-24)6-9-19(18)28(21)13-15-4-7-17(23)8-5-15/h4-11H,3,13H2,1-2H3,(H,26,30). The third-order valence-corrected chi connectivity index (χ3v) is 5.31. The lowest BCUT2D eigenvalue weighted by Gasteiger charge is -2.11. The lowest BCUT2D eigenvalue weighted by Crippen LogP contribution is -2.20. The number of rotatable bonds is 5. The molecule has 0 saturated heterocycles. The first-order valence-corrected chi connectivity index (χ1v) is 10.3. The molecule has 8 heteroatoms. The number of aromatic nitrogens is 4. The van der Waals surface area contributed by atoms with Crippen LogP contribution in [0.3, 0.4) is 0 Å². The number of benzene rings is 2. The fraction of sp³-hybridized carbons (Fsp3) is 0.182. The lowest BCUT2D eigenvalue weighted by molar-refractivity contribution is 0.101. The number of carbonyl (C=O) groups is 1. The summed E-state index contributed by atoms with van der Waals surface area (Å²) < 4.78 is 4.60. The average molecular weight is 463 g/mol. The molecule has 2 aromatic carbocycles. The van der Waals surface area contributed by atoms with Crippen LogP contribution in [0.1, 0.15) is 34.4 Å². The van der Waals surface area contributed by atoms with Crippen molar-refractivity contribution in [2.75, 3.05) is 5.32 Å². The van der Waals surface area contributed by atoms with Crippen molar-refractivity contribution in [3.8, 4) is 6.07 Å². The van der Waals surface area contributed by atoms with Crippen LogP contribution >= 0.6 is 15.9 Å². The van der Waals surface area contributed by atoms with Crippen molar-refractivity contribution in [2.24, 2.45) is 0 Å². The Balaban J connectivity index is 1.77. The van der Waals surface area contributed by atoms with Gasteiger partial charge in [-0.15, -0.1) is 0 Å². The predicted molar refractivity (Wildman–Crippen MR) is 118 cm³/mol. The van der Waals surface area contributed by atoms with E-state index in [1.807, 2.05) is 54.8 Å². The number of halogens is 1. The van der Waals surface area contributed by atoms with Crippen LogP contribution in [0.2, 0.25) is 0 Å². The maximum atomic E-state index is 13.2. The van der Waals surface area contributed by atoms with Gasteiger partial charge in [0.15, 0.2) is 0 Å². The van der Waals surface area contributed by atoms with E-state index >= 15 is 0 Å². The van der Waals surface area contributed by atoms with Crippen molar-refractivity contribution < 1.29 is 4.79 Å². The molecule has 0 atom stereocenters. The fourth-order valence-corrected chi connectivity index (χ4v) is 3.63. The number of nitrogens with one attached hydrogen (secondary N) is 1. The number of hydrogen-bond donors (Lipinski definition) is 1. The molecular weight excluding hydrogens is 444 g/mol. The largest absolute Gasteiger partial charge is 0.315 e. The molecule has 0 fully saturated rings. The van der Waals surface area contributed by atoms with Gasteiger partial charge in [0.05, 0.1) is 28.4 Å². The van der Waals surface area contributed by atoms with E-state index < -0.39 is 0 Å². The highest BCUT2D eigenvalue weighted by molar-refractivity contribution is 9.10. The molecule has 0 aliphatic heterocycles. The number of aryl methyl sites for hydroxylation is 2. The van der Waals surface area contributed by atoms with E-state index in [9.17, 15) is 10.1 Å². The molecule has 7 nitrogen and oxygen atoms in total. The molecule has 4 rings (SSSR count). The summed E-state index contributed by atoms with van der Waals surface area (Å²) in [6, 6.07) is 17.1. The Morgan fingerprint density at radius 1 is 1.20 bits per heavy atom. The van der Waals surface area contributed by atoms with Gasteiger partial charge in [0, 0.05) is 23.6 Å². The van der Waals surface area contributed by atoms with Crippen molar-refractivity contribution in [2.45, 2.75) is 26.9 Å². The van der Waals surface area contributed by atoms with E-state index in [0.29, 0.717) is 30.0 Å². The van der Waals surface area contributed by atoms with Crippen LogP contribution in [-0.4, -0.2) is 25.2 Å². The number of imidazole rings is 1. The molecule has 0 bridgehead atoms. The Kier molecular flexibility index (Phi) is 5.38. The Morgan fingerprint density at radius 2 is 1.97 bits per heavy atom. The number of anilines is 1. The second-order valence-electron chi connectivity index (χ2n) is 6.90. The predicted octanol–water partition coefficient (Wildman–Crippen LogP) is 4.50. The molecule has 30 heavy (non-hydrogen) atoms. The van der Waals surface area contributed by atoms with Crippen molar-refractivity contribution in [1.82, 2.24) is 19.3 Å². The highest BCUT2D eigenvalue weighted by Crippen LogP contribution is 2.22. The minimum Gasteiger partial charge on any atom is -0.315 e. The monoisotopic (exact) mass is 462 g/mol. The Bertz CT molecular complexity index is 1280. The highest BCUT2D eigenvalue weighted by Gasteiger charge is 2.20. The molecule has 150 valence electrons. The van der Waals surface area contributed by atoms with E-state index in [4.69, 9.17) is 0 Å². The van der Waals surface area contributed by atoms with Crippen LogP contribution in [-0.2, 0) is 13.1 Å². The number of fused-ring (bicyclic) bond motifs is 1. The summed E-state index contributed by atoms with van der Waals surface area (Å²) in [5, 5.41) is 16.5. The van der Waals surface area contributed by atoms with Crippen LogP contribution in [0.25, 0.3) is 11.0 Å². The van der Waals surface area contributed by atoms with Crippen molar-refractivity contribution in [3.63, 3.8) is 0 Å². The molecule has 1 amide bonds. The zero-order valence-electron chi connectivity index (χ0n) is 16.6. The van der Waals surface area contributed by atoms with Gasteiger partial charge >= 0.3 is 0 Å². The number of nitriles is 1. The summed E-state index contributed by atoms with van der Waals surface area (Å²) in [7, 11) is 0. The van der Waals surface area contributed by atoms with Crippen LogP contribution in [0.4, 0.5) is 5.82 Å². The van der Waals surface area contributed by atoms with Crippen LogP contribution in [0, 0.1) is 18.3 Å². The molecule has 0 spiro atoms. The minimum absolute atomic E-state index is 0.282. The SMILES string of the molecule is CCn1nc(C)cc1NC(=O)c1nc2cc(C#N)ccc2n1Cc1ccc(Br)cc1. The lowest BCUT2D eigenvalue weighted by atomic mass is 10.2. The van der Waals surface area contributed by atoms with E-state index in [2.05, 4.69) is 37.4 Å². The first-order chi connectivity index (χ1) is 14.5. The first kappa shape index (κ1) is 19.9. The van der Waals surface area contributed by atoms with E-state index in [1.165, 1.54) is 0 Å². The van der Waals surface area contributed by atoms with Crippen LogP contribution in [0.15, 0.2) is 53.0 Å². The molecule has 2 heterocycles. The van der Waals surface area contributed by atoms with Crippen molar-refractivity contribution in [1.29, 1.82) is 5.26 Å². The molecule has 2 aromatic heterocycles. The van der Waals surface area contributed by atoms with E-state index in [1.54, 1.807) is 16.8 Å². The van der Waals surface area contributed by atoms with Gasteiger partial charge in [0.25, 0.3) is 5.91 Å². The maximum Gasteiger partial charge on any atom is 0.292 e. The molecule has 0 radical (unpaired) electrons. The van der Waals surface area contributed by atoms with Gasteiger partial charge in [-0.1, -0.05) is 28.1 Å². The Labute approximate surface area is 182 Å². The van der Waals surface area contributed by atoms with E-state index in [0.717, 1.165) is 21.2 Å². The number of amides is 1. The third-order valence-electron chi connectivity index (χ3n) is 4.78. The highest BCUT2D eigenvalue weighted by atomic mass is 79.9. The minimum atomic E-state index is -0.323. The molecule has 0 unspecified atom stereocenters. The number of nitrogens with zero attached hydrogens (tertiary/aromatic N) is 5. The number of hydrogen-bond acceptors (Lipinski definition) is 4. The summed E-state index contributed by atoms with van der Waals surface area (Å²) in [5.41, 5.74) is 3.76. The van der Waals surface area contributed by atoms with Gasteiger partial charge in [0.1, 0.15) is 5.82 Å².